The van der Waals surface area contributed by atoms with E-state index in [4.69, 9.17) is 5.73 Å². The summed E-state index contributed by atoms with van der Waals surface area (Å²) in [6.07, 6.45) is 1.19. The highest BCUT2D eigenvalue weighted by atomic mass is 32.1. The molecule has 0 aliphatic carbocycles. The van der Waals surface area contributed by atoms with Crippen molar-refractivity contribution in [2.24, 2.45) is 0 Å². The summed E-state index contributed by atoms with van der Waals surface area (Å²) in [6.45, 7) is 4.47. The van der Waals surface area contributed by atoms with Crippen molar-refractivity contribution in [3.05, 3.63) is 51.7 Å². The van der Waals surface area contributed by atoms with Gasteiger partial charge in [-0.15, -0.1) is 11.3 Å². The molecule has 1 aromatic heterocycles. The van der Waals surface area contributed by atoms with Gasteiger partial charge in [-0.2, -0.15) is 0 Å². The van der Waals surface area contributed by atoms with E-state index in [0.717, 1.165) is 18.8 Å². The predicted molar refractivity (Wildman–Crippen MR) is 77.7 cm³/mol. The van der Waals surface area contributed by atoms with Crippen molar-refractivity contribution in [3.63, 3.8) is 0 Å². The largest absolute Gasteiger partial charge is 0.399 e. The third kappa shape index (κ3) is 2.16. The molecule has 0 radical (unpaired) electrons. The van der Waals surface area contributed by atoms with E-state index in [1.807, 2.05) is 23.5 Å². The van der Waals surface area contributed by atoms with E-state index < -0.39 is 0 Å². The van der Waals surface area contributed by atoms with E-state index in [9.17, 15) is 0 Å². The number of nitrogen functional groups attached to an aromatic ring is 1. The van der Waals surface area contributed by atoms with Gasteiger partial charge in [-0.3, -0.25) is 4.90 Å². The van der Waals surface area contributed by atoms with Crippen LogP contribution in [0.25, 0.3) is 0 Å². The number of rotatable bonds is 2. The highest BCUT2D eigenvalue weighted by Crippen LogP contribution is 2.33. The Morgan fingerprint density at radius 3 is 2.83 bits per heavy atom. The minimum absolute atomic E-state index is 0.526. The van der Waals surface area contributed by atoms with Crippen LogP contribution in [-0.4, -0.2) is 11.4 Å². The molecule has 0 saturated carbocycles. The Labute approximate surface area is 112 Å². The molecule has 1 atom stereocenters. The maximum Gasteiger partial charge on any atom is 0.0334 e. The zero-order chi connectivity index (χ0) is 12.5. The number of nitrogens with zero attached hydrogens (tertiary/aromatic N) is 1. The first-order valence-electron chi connectivity index (χ1n) is 6.39. The van der Waals surface area contributed by atoms with Crippen molar-refractivity contribution in [2.75, 3.05) is 12.3 Å². The molecule has 0 spiro atoms. The van der Waals surface area contributed by atoms with Crippen molar-refractivity contribution >= 4 is 17.0 Å². The van der Waals surface area contributed by atoms with Crippen molar-refractivity contribution in [2.45, 2.75) is 25.9 Å². The molecule has 94 valence electrons. The molecule has 18 heavy (non-hydrogen) atoms. The summed E-state index contributed by atoms with van der Waals surface area (Å²) in [6, 6.07) is 11.0. The lowest BCUT2D eigenvalue weighted by atomic mass is 10.0. The van der Waals surface area contributed by atoms with E-state index in [2.05, 4.69) is 35.4 Å². The molecule has 0 amide bonds. The zero-order valence-corrected chi connectivity index (χ0v) is 11.4. The van der Waals surface area contributed by atoms with E-state index in [-0.39, 0.29) is 0 Å². The average Bonchev–Trinajstić information content (AvgIpc) is 2.84. The van der Waals surface area contributed by atoms with Gasteiger partial charge in [0.1, 0.15) is 0 Å². The molecule has 1 aliphatic heterocycles. The highest BCUT2D eigenvalue weighted by molar-refractivity contribution is 7.10. The molecule has 0 saturated heterocycles. The average molecular weight is 258 g/mol. The van der Waals surface area contributed by atoms with Crippen LogP contribution in [0.1, 0.15) is 29.0 Å². The monoisotopic (exact) mass is 258 g/mol. The predicted octanol–water partition coefficient (Wildman–Crippen LogP) is 3.45. The number of fused-ring (bicyclic) bond motifs is 1. The quantitative estimate of drug-likeness (QED) is 0.836. The third-order valence-corrected chi connectivity index (χ3v) is 4.77. The summed E-state index contributed by atoms with van der Waals surface area (Å²) in [7, 11) is 0. The van der Waals surface area contributed by atoms with Gasteiger partial charge in [0.2, 0.25) is 0 Å². The van der Waals surface area contributed by atoms with Gasteiger partial charge in [0.15, 0.2) is 0 Å². The minimum atomic E-state index is 0.526. The molecule has 2 aromatic rings. The van der Waals surface area contributed by atoms with Crippen LogP contribution in [0.15, 0.2) is 35.7 Å². The Kier molecular flexibility index (Phi) is 3.10. The van der Waals surface area contributed by atoms with Gasteiger partial charge in [0.25, 0.3) is 0 Å². The lowest BCUT2D eigenvalue weighted by Crippen LogP contribution is -2.32. The Morgan fingerprint density at radius 2 is 2.06 bits per heavy atom. The van der Waals surface area contributed by atoms with Crippen LogP contribution in [-0.2, 0) is 13.0 Å². The standard InChI is InChI=1S/C15H18N2S/c1-11-14-7-9-18-15(14)6-8-17(11)10-12-2-4-13(16)5-3-12/h2-5,7,9,11H,6,8,10,16H2,1H3. The minimum Gasteiger partial charge on any atom is -0.399 e. The number of anilines is 1. The van der Waals surface area contributed by atoms with Gasteiger partial charge in [-0.25, -0.2) is 0 Å². The van der Waals surface area contributed by atoms with Crippen molar-refractivity contribution < 1.29 is 0 Å². The summed E-state index contributed by atoms with van der Waals surface area (Å²) in [5.41, 5.74) is 9.42. The van der Waals surface area contributed by atoms with Crippen LogP contribution in [0.2, 0.25) is 0 Å². The molecule has 2 N–H and O–H groups in total. The number of nitrogens with two attached hydrogens (primary N) is 1. The second kappa shape index (κ2) is 4.75. The first-order chi connectivity index (χ1) is 8.74. The van der Waals surface area contributed by atoms with Gasteiger partial charge < -0.3 is 5.73 Å². The SMILES string of the molecule is CC1c2ccsc2CCN1Cc1ccc(N)cc1. The van der Waals surface area contributed by atoms with Gasteiger partial charge in [0.05, 0.1) is 0 Å². The Balaban J connectivity index is 1.77. The first-order valence-corrected chi connectivity index (χ1v) is 7.27. The van der Waals surface area contributed by atoms with Crippen molar-refractivity contribution in [1.29, 1.82) is 0 Å². The molecule has 3 rings (SSSR count). The smallest absolute Gasteiger partial charge is 0.0334 e. The van der Waals surface area contributed by atoms with E-state index >= 15 is 0 Å². The molecule has 1 aliphatic rings. The van der Waals surface area contributed by atoms with Gasteiger partial charge in [-0.1, -0.05) is 12.1 Å². The Bertz CT molecular complexity index is 530. The molecule has 1 aromatic carbocycles. The first kappa shape index (κ1) is 11.8. The van der Waals surface area contributed by atoms with Crippen LogP contribution in [0, 0.1) is 0 Å². The zero-order valence-electron chi connectivity index (χ0n) is 10.6. The molecule has 3 heteroatoms. The van der Waals surface area contributed by atoms with Gasteiger partial charge in [-0.05, 0) is 48.1 Å². The molecule has 0 fully saturated rings. The highest BCUT2D eigenvalue weighted by Gasteiger charge is 2.24. The van der Waals surface area contributed by atoms with Crippen LogP contribution >= 0.6 is 11.3 Å². The van der Waals surface area contributed by atoms with Gasteiger partial charge >= 0.3 is 0 Å². The van der Waals surface area contributed by atoms with E-state index in [1.165, 1.54) is 17.5 Å². The van der Waals surface area contributed by atoms with Crippen LogP contribution in [0.3, 0.4) is 0 Å². The summed E-state index contributed by atoms with van der Waals surface area (Å²) < 4.78 is 0. The fourth-order valence-electron chi connectivity index (χ4n) is 2.63. The molecule has 2 heterocycles. The van der Waals surface area contributed by atoms with E-state index in [1.54, 1.807) is 4.88 Å². The van der Waals surface area contributed by atoms with E-state index in [0.29, 0.717) is 6.04 Å². The summed E-state index contributed by atoms with van der Waals surface area (Å²) >= 11 is 1.90. The second-order valence-corrected chi connectivity index (χ2v) is 5.94. The molecule has 1 unspecified atom stereocenters. The summed E-state index contributed by atoms with van der Waals surface area (Å²) in [5.74, 6) is 0. The summed E-state index contributed by atoms with van der Waals surface area (Å²) in [5, 5.41) is 2.22. The molecular formula is C15H18N2S. The molecule has 0 bridgehead atoms. The van der Waals surface area contributed by atoms with Crippen molar-refractivity contribution in [3.8, 4) is 0 Å². The van der Waals surface area contributed by atoms with Crippen LogP contribution in [0.4, 0.5) is 5.69 Å². The van der Waals surface area contributed by atoms with Crippen LogP contribution in [0.5, 0.6) is 0 Å². The van der Waals surface area contributed by atoms with Crippen molar-refractivity contribution in [1.82, 2.24) is 4.90 Å². The number of benzene rings is 1. The topological polar surface area (TPSA) is 29.3 Å². The fourth-order valence-corrected chi connectivity index (χ4v) is 3.60. The third-order valence-electron chi connectivity index (χ3n) is 3.77. The second-order valence-electron chi connectivity index (χ2n) is 4.94. The maximum atomic E-state index is 5.72. The number of hydrogen-bond acceptors (Lipinski definition) is 3. The fraction of sp³-hybridized carbons (Fsp3) is 0.333. The Hall–Kier alpha value is -1.32. The summed E-state index contributed by atoms with van der Waals surface area (Å²) in [4.78, 5) is 4.11. The number of thiophene rings is 1. The Morgan fingerprint density at radius 1 is 1.28 bits per heavy atom. The van der Waals surface area contributed by atoms with Gasteiger partial charge in [0, 0.05) is 29.7 Å². The van der Waals surface area contributed by atoms with Crippen LogP contribution < -0.4 is 5.73 Å². The lowest BCUT2D eigenvalue weighted by molar-refractivity contribution is 0.191. The molecular weight excluding hydrogens is 240 g/mol. The molecule has 2 nitrogen and oxygen atoms in total. The normalized spacial score (nSPS) is 19.7. The number of hydrogen-bond donors (Lipinski definition) is 1. The lowest BCUT2D eigenvalue weighted by Gasteiger charge is -2.33. The maximum absolute atomic E-state index is 5.72.